The first kappa shape index (κ1) is 14.9. The molecule has 0 unspecified atom stereocenters. The number of rotatable bonds is 6. The summed E-state index contributed by atoms with van der Waals surface area (Å²) in [7, 11) is 0. The fourth-order valence-electron chi connectivity index (χ4n) is 1.83. The summed E-state index contributed by atoms with van der Waals surface area (Å²) in [5.41, 5.74) is 2.07. The molecule has 1 aliphatic carbocycles. The standard InChI is InChI=1S/C15H15ClN2OS2/c16-11-3-1-10(2-4-11)8-20-15-18-13(9-21-15)7-14(19)17-12-5-6-12/h1-4,9,12H,5-8H2,(H,17,19). The van der Waals surface area contributed by atoms with Gasteiger partial charge in [-0.15, -0.1) is 11.3 Å². The molecule has 0 atom stereocenters. The van der Waals surface area contributed by atoms with Crippen LogP contribution in [0.2, 0.25) is 5.02 Å². The lowest BCUT2D eigenvalue weighted by Crippen LogP contribution is -2.27. The highest BCUT2D eigenvalue weighted by Crippen LogP contribution is 2.27. The first-order valence-electron chi connectivity index (χ1n) is 6.80. The number of thiazole rings is 1. The van der Waals surface area contributed by atoms with Gasteiger partial charge >= 0.3 is 0 Å². The summed E-state index contributed by atoms with van der Waals surface area (Å²) in [6.07, 6.45) is 2.62. The van der Waals surface area contributed by atoms with Gasteiger partial charge in [0.05, 0.1) is 12.1 Å². The third-order valence-electron chi connectivity index (χ3n) is 3.09. The Labute approximate surface area is 137 Å². The number of nitrogens with one attached hydrogen (secondary N) is 1. The van der Waals surface area contributed by atoms with Crippen LogP contribution < -0.4 is 5.32 Å². The molecule has 1 fully saturated rings. The Morgan fingerprint density at radius 3 is 2.86 bits per heavy atom. The van der Waals surface area contributed by atoms with Gasteiger partial charge in [0.1, 0.15) is 4.34 Å². The van der Waals surface area contributed by atoms with Crippen molar-refractivity contribution >= 4 is 40.6 Å². The maximum Gasteiger partial charge on any atom is 0.226 e. The molecular formula is C15H15ClN2OS2. The molecule has 0 aliphatic heterocycles. The first-order valence-corrected chi connectivity index (χ1v) is 9.04. The van der Waals surface area contributed by atoms with E-state index in [1.807, 2.05) is 29.6 Å². The highest BCUT2D eigenvalue weighted by Gasteiger charge is 2.23. The molecule has 1 aliphatic rings. The summed E-state index contributed by atoms with van der Waals surface area (Å²) in [4.78, 5) is 16.2. The van der Waals surface area contributed by atoms with Crippen LogP contribution in [0.25, 0.3) is 0 Å². The molecule has 0 radical (unpaired) electrons. The number of thioether (sulfide) groups is 1. The van der Waals surface area contributed by atoms with E-state index < -0.39 is 0 Å². The van der Waals surface area contributed by atoms with Crippen LogP contribution in [0.4, 0.5) is 0 Å². The third kappa shape index (κ3) is 4.73. The Kier molecular flexibility index (Phi) is 4.83. The lowest BCUT2D eigenvalue weighted by Gasteiger charge is -2.00. The predicted molar refractivity (Wildman–Crippen MR) is 88.0 cm³/mol. The molecule has 2 aromatic rings. The number of nitrogens with zero attached hydrogens (tertiary/aromatic N) is 1. The molecule has 1 saturated carbocycles. The van der Waals surface area contributed by atoms with E-state index in [0.717, 1.165) is 33.7 Å². The zero-order valence-electron chi connectivity index (χ0n) is 11.3. The van der Waals surface area contributed by atoms with E-state index in [2.05, 4.69) is 10.3 Å². The minimum absolute atomic E-state index is 0.0806. The van der Waals surface area contributed by atoms with Crippen LogP contribution in [0.1, 0.15) is 24.1 Å². The lowest BCUT2D eigenvalue weighted by atomic mass is 10.2. The van der Waals surface area contributed by atoms with Gasteiger partial charge in [-0.2, -0.15) is 0 Å². The van der Waals surface area contributed by atoms with Crippen molar-refractivity contribution in [1.82, 2.24) is 10.3 Å². The Morgan fingerprint density at radius 1 is 1.38 bits per heavy atom. The second-order valence-corrected chi connectivity index (χ2v) is 7.56. The van der Waals surface area contributed by atoms with Crippen molar-refractivity contribution in [2.24, 2.45) is 0 Å². The van der Waals surface area contributed by atoms with Crippen molar-refractivity contribution in [2.45, 2.75) is 35.4 Å². The smallest absolute Gasteiger partial charge is 0.226 e. The molecule has 110 valence electrons. The Hall–Kier alpha value is -1.04. The molecule has 1 amide bonds. The van der Waals surface area contributed by atoms with E-state index in [-0.39, 0.29) is 5.91 Å². The van der Waals surface area contributed by atoms with Crippen LogP contribution in [-0.2, 0) is 17.0 Å². The fraction of sp³-hybridized carbons (Fsp3) is 0.333. The summed E-state index contributed by atoms with van der Waals surface area (Å²) >= 11 is 9.15. The monoisotopic (exact) mass is 338 g/mol. The molecule has 1 heterocycles. The van der Waals surface area contributed by atoms with Gasteiger partial charge in [0, 0.05) is 22.2 Å². The number of aromatic nitrogens is 1. The van der Waals surface area contributed by atoms with E-state index in [0.29, 0.717) is 12.5 Å². The quantitative estimate of drug-likeness (QED) is 0.812. The van der Waals surface area contributed by atoms with Gasteiger partial charge in [-0.25, -0.2) is 4.98 Å². The minimum Gasteiger partial charge on any atom is -0.353 e. The zero-order chi connectivity index (χ0) is 14.7. The van der Waals surface area contributed by atoms with Gasteiger partial charge in [-0.1, -0.05) is 35.5 Å². The van der Waals surface area contributed by atoms with Crippen molar-refractivity contribution < 1.29 is 4.79 Å². The number of amides is 1. The average molecular weight is 339 g/mol. The van der Waals surface area contributed by atoms with Crippen molar-refractivity contribution in [3.8, 4) is 0 Å². The van der Waals surface area contributed by atoms with E-state index in [1.165, 1.54) is 5.56 Å². The normalized spacial score (nSPS) is 14.1. The van der Waals surface area contributed by atoms with Crippen LogP contribution in [-0.4, -0.2) is 16.9 Å². The van der Waals surface area contributed by atoms with Crippen molar-refractivity contribution in [3.05, 3.63) is 45.9 Å². The molecule has 6 heteroatoms. The summed E-state index contributed by atoms with van der Waals surface area (Å²) in [6, 6.07) is 8.25. The number of carbonyl (C=O) groups excluding carboxylic acids is 1. The molecule has 3 rings (SSSR count). The van der Waals surface area contributed by atoms with E-state index in [9.17, 15) is 4.79 Å². The summed E-state index contributed by atoms with van der Waals surface area (Å²) in [5.74, 6) is 0.940. The van der Waals surface area contributed by atoms with Crippen LogP contribution in [0.3, 0.4) is 0 Å². The van der Waals surface area contributed by atoms with Crippen LogP contribution in [0.5, 0.6) is 0 Å². The van der Waals surface area contributed by atoms with Crippen LogP contribution in [0.15, 0.2) is 34.0 Å². The summed E-state index contributed by atoms with van der Waals surface area (Å²) in [6.45, 7) is 0. The lowest BCUT2D eigenvalue weighted by molar-refractivity contribution is -0.120. The number of halogens is 1. The largest absolute Gasteiger partial charge is 0.353 e. The Morgan fingerprint density at radius 2 is 2.14 bits per heavy atom. The maximum atomic E-state index is 11.7. The van der Waals surface area contributed by atoms with Crippen LogP contribution >= 0.6 is 34.7 Å². The number of carbonyl (C=O) groups is 1. The third-order valence-corrected chi connectivity index (χ3v) is 5.48. The van der Waals surface area contributed by atoms with E-state index >= 15 is 0 Å². The predicted octanol–water partition coefficient (Wildman–Crippen LogP) is 3.91. The molecule has 0 saturated heterocycles. The maximum absolute atomic E-state index is 11.7. The zero-order valence-corrected chi connectivity index (χ0v) is 13.7. The highest BCUT2D eigenvalue weighted by molar-refractivity contribution is 8.00. The van der Waals surface area contributed by atoms with E-state index in [1.54, 1.807) is 23.1 Å². The number of hydrogen-bond acceptors (Lipinski definition) is 4. The van der Waals surface area contributed by atoms with Gasteiger partial charge in [-0.05, 0) is 30.5 Å². The first-order chi connectivity index (χ1) is 10.2. The molecule has 1 N–H and O–H groups in total. The Bertz CT molecular complexity index is 623. The minimum atomic E-state index is 0.0806. The topological polar surface area (TPSA) is 42.0 Å². The van der Waals surface area contributed by atoms with Crippen LogP contribution in [0, 0.1) is 0 Å². The second-order valence-electron chi connectivity index (χ2n) is 5.04. The fourth-order valence-corrected chi connectivity index (χ4v) is 3.76. The van der Waals surface area contributed by atoms with Gasteiger partial charge in [0.2, 0.25) is 5.91 Å². The van der Waals surface area contributed by atoms with Gasteiger partial charge < -0.3 is 5.32 Å². The SMILES string of the molecule is O=C(Cc1csc(SCc2ccc(Cl)cc2)n1)NC1CC1. The molecular weight excluding hydrogens is 324 g/mol. The molecule has 1 aromatic heterocycles. The van der Waals surface area contributed by atoms with Crippen molar-refractivity contribution in [2.75, 3.05) is 0 Å². The van der Waals surface area contributed by atoms with Gasteiger partial charge in [-0.3, -0.25) is 4.79 Å². The van der Waals surface area contributed by atoms with Crippen molar-refractivity contribution in [1.29, 1.82) is 0 Å². The van der Waals surface area contributed by atoms with E-state index in [4.69, 9.17) is 11.6 Å². The molecule has 0 spiro atoms. The number of benzene rings is 1. The second kappa shape index (κ2) is 6.81. The van der Waals surface area contributed by atoms with Crippen molar-refractivity contribution in [3.63, 3.8) is 0 Å². The molecule has 0 bridgehead atoms. The summed E-state index contributed by atoms with van der Waals surface area (Å²) < 4.78 is 0.999. The molecule has 3 nitrogen and oxygen atoms in total. The van der Waals surface area contributed by atoms with Gasteiger partial charge in [0.15, 0.2) is 0 Å². The highest BCUT2D eigenvalue weighted by atomic mass is 35.5. The average Bonchev–Trinajstić information content (AvgIpc) is 3.16. The summed E-state index contributed by atoms with van der Waals surface area (Å²) in [5, 5.41) is 5.70. The van der Waals surface area contributed by atoms with Gasteiger partial charge in [0.25, 0.3) is 0 Å². The Balaban J connectivity index is 1.49. The molecule has 21 heavy (non-hydrogen) atoms. The number of hydrogen-bond donors (Lipinski definition) is 1. The molecule has 1 aromatic carbocycles.